The lowest BCUT2D eigenvalue weighted by atomic mass is 10.1. The molecule has 3 aromatic rings. The number of carbonyl (C=O) groups is 1. The maximum atomic E-state index is 11.0. The van der Waals surface area contributed by atoms with Crippen LogP contribution in [-0.4, -0.2) is 35.9 Å². The number of hydrogen-bond acceptors (Lipinski definition) is 5. The van der Waals surface area contributed by atoms with Crippen molar-refractivity contribution in [2.45, 2.75) is 0 Å². The van der Waals surface area contributed by atoms with Gasteiger partial charge in [-0.2, -0.15) is 0 Å². The quantitative estimate of drug-likeness (QED) is 0.610. The van der Waals surface area contributed by atoms with Gasteiger partial charge in [-0.15, -0.1) is 10.2 Å². The van der Waals surface area contributed by atoms with Gasteiger partial charge in [-0.1, -0.05) is 0 Å². The smallest absolute Gasteiger partial charge is 0.337 e. The van der Waals surface area contributed by atoms with Gasteiger partial charge in [0.2, 0.25) is 0 Å². The van der Waals surface area contributed by atoms with Gasteiger partial charge in [0, 0.05) is 6.20 Å². The van der Waals surface area contributed by atoms with Crippen LogP contribution in [0.15, 0.2) is 36.5 Å². The molecule has 0 aliphatic heterocycles. The molecule has 100 valence electrons. The summed E-state index contributed by atoms with van der Waals surface area (Å²) >= 11 is 0. The van der Waals surface area contributed by atoms with Gasteiger partial charge in [-0.05, 0) is 30.3 Å². The summed E-state index contributed by atoms with van der Waals surface area (Å²) in [7, 11) is 0. The minimum Gasteiger partial charge on any atom is -0.508 e. The maximum Gasteiger partial charge on any atom is 0.337 e. The van der Waals surface area contributed by atoms with E-state index in [1.165, 1.54) is 40.9 Å². The topological polar surface area (TPSA) is 108 Å². The molecule has 2 heterocycles. The highest BCUT2D eigenvalue weighted by Crippen LogP contribution is 2.31. The third-order valence-electron chi connectivity index (χ3n) is 2.87. The van der Waals surface area contributed by atoms with E-state index < -0.39 is 5.97 Å². The molecule has 1 aromatic carbocycles. The SMILES string of the molecule is O=C(O)c1ccc2nnc(-c3cc(O)ccc3O)n2c1. The van der Waals surface area contributed by atoms with E-state index in [4.69, 9.17) is 5.11 Å². The number of benzene rings is 1. The Morgan fingerprint density at radius 1 is 1.10 bits per heavy atom. The highest BCUT2D eigenvalue weighted by Gasteiger charge is 2.14. The zero-order valence-electron chi connectivity index (χ0n) is 10.1. The number of aromatic hydroxyl groups is 2. The Kier molecular flexibility index (Phi) is 2.53. The maximum absolute atomic E-state index is 11.0. The normalized spacial score (nSPS) is 10.8. The Labute approximate surface area is 112 Å². The molecule has 0 unspecified atom stereocenters. The van der Waals surface area contributed by atoms with Gasteiger partial charge in [-0.3, -0.25) is 4.40 Å². The highest BCUT2D eigenvalue weighted by molar-refractivity contribution is 5.87. The Morgan fingerprint density at radius 3 is 2.65 bits per heavy atom. The number of rotatable bonds is 2. The third kappa shape index (κ3) is 1.81. The van der Waals surface area contributed by atoms with Crippen molar-refractivity contribution < 1.29 is 20.1 Å². The van der Waals surface area contributed by atoms with E-state index in [0.717, 1.165) is 0 Å². The van der Waals surface area contributed by atoms with Crippen molar-refractivity contribution in [3.63, 3.8) is 0 Å². The first kappa shape index (κ1) is 12.0. The molecule has 0 atom stereocenters. The molecule has 7 heteroatoms. The highest BCUT2D eigenvalue weighted by atomic mass is 16.4. The molecule has 0 saturated heterocycles. The van der Waals surface area contributed by atoms with E-state index in [1.54, 1.807) is 0 Å². The standard InChI is InChI=1S/C13H9N3O4/c17-8-2-3-10(18)9(5-8)12-15-14-11-4-1-7(13(19)20)6-16(11)12/h1-6,17-18H,(H,19,20). The number of carboxylic acid groups (broad SMARTS) is 1. The Hall–Kier alpha value is -3.09. The van der Waals surface area contributed by atoms with Crippen LogP contribution >= 0.6 is 0 Å². The third-order valence-corrected chi connectivity index (χ3v) is 2.87. The van der Waals surface area contributed by atoms with Crippen LogP contribution in [0.3, 0.4) is 0 Å². The summed E-state index contributed by atoms with van der Waals surface area (Å²) < 4.78 is 1.44. The van der Waals surface area contributed by atoms with E-state index in [-0.39, 0.29) is 28.5 Å². The van der Waals surface area contributed by atoms with Crippen LogP contribution in [0, 0.1) is 0 Å². The number of aromatic nitrogens is 3. The van der Waals surface area contributed by atoms with Crippen molar-refractivity contribution in [3.8, 4) is 22.9 Å². The van der Waals surface area contributed by atoms with E-state index in [2.05, 4.69) is 10.2 Å². The van der Waals surface area contributed by atoms with Crippen molar-refractivity contribution in [1.82, 2.24) is 14.6 Å². The molecular weight excluding hydrogens is 262 g/mol. The van der Waals surface area contributed by atoms with E-state index in [0.29, 0.717) is 5.65 Å². The Bertz CT molecular complexity index is 826. The summed E-state index contributed by atoms with van der Waals surface area (Å²) in [6.45, 7) is 0. The van der Waals surface area contributed by atoms with Crippen molar-refractivity contribution in [2.24, 2.45) is 0 Å². The number of carboxylic acids is 1. The van der Waals surface area contributed by atoms with Crippen LogP contribution in [-0.2, 0) is 0 Å². The lowest BCUT2D eigenvalue weighted by molar-refractivity contribution is 0.0696. The predicted octanol–water partition coefficient (Wildman–Crippen LogP) is 1.51. The molecule has 2 aromatic heterocycles. The van der Waals surface area contributed by atoms with Gasteiger partial charge >= 0.3 is 5.97 Å². The average Bonchev–Trinajstić information content (AvgIpc) is 2.84. The Morgan fingerprint density at radius 2 is 1.90 bits per heavy atom. The van der Waals surface area contributed by atoms with E-state index >= 15 is 0 Å². The first-order chi connectivity index (χ1) is 9.56. The van der Waals surface area contributed by atoms with Crippen LogP contribution in [0.5, 0.6) is 11.5 Å². The number of phenolic OH excluding ortho intramolecular Hbond substituents is 2. The number of pyridine rings is 1. The summed E-state index contributed by atoms with van der Waals surface area (Å²) in [6.07, 6.45) is 1.36. The molecule has 20 heavy (non-hydrogen) atoms. The summed E-state index contributed by atoms with van der Waals surface area (Å²) in [5.41, 5.74) is 0.769. The lowest BCUT2D eigenvalue weighted by Crippen LogP contribution is -1.99. The summed E-state index contributed by atoms with van der Waals surface area (Å²) in [4.78, 5) is 11.0. The van der Waals surface area contributed by atoms with Gasteiger partial charge < -0.3 is 15.3 Å². The van der Waals surface area contributed by atoms with Gasteiger partial charge in [0.1, 0.15) is 11.5 Å². The zero-order valence-corrected chi connectivity index (χ0v) is 10.1. The number of phenols is 2. The van der Waals surface area contributed by atoms with Crippen molar-refractivity contribution in [1.29, 1.82) is 0 Å². The molecule has 0 fully saturated rings. The first-order valence-corrected chi connectivity index (χ1v) is 5.66. The summed E-state index contributed by atoms with van der Waals surface area (Å²) in [5, 5.41) is 36.1. The fraction of sp³-hybridized carbons (Fsp3) is 0. The number of hydrogen-bond donors (Lipinski definition) is 3. The van der Waals surface area contributed by atoms with Gasteiger partial charge in [-0.25, -0.2) is 4.79 Å². The molecule has 3 rings (SSSR count). The van der Waals surface area contributed by atoms with E-state index in [9.17, 15) is 15.0 Å². The second-order valence-corrected chi connectivity index (χ2v) is 4.18. The van der Waals surface area contributed by atoms with Gasteiger partial charge in [0.15, 0.2) is 11.5 Å². The molecule has 0 aliphatic carbocycles. The molecule has 3 N–H and O–H groups in total. The molecule has 0 saturated carbocycles. The second-order valence-electron chi connectivity index (χ2n) is 4.18. The monoisotopic (exact) mass is 271 g/mol. The van der Waals surface area contributed by atoms with Gasteiger partial charge in [0.05, 0.1) is 11.1 Å². The molecule has 0 spiro atoms. The molecule has 0 bridgehead atoms. The van der Waals surface area contributed by atoms with Crippen molar-refractivity contribution in [3.05, 3.63) is 42.1 Å². The summed E-state index contributed by atoms with van der Waals surface area (Å²) in [5.74, 6) is -0.954. The molecule has 7 nitrogen and oxygen atoms in total. The lowest BCUT2D eigenvalue weighted by Gasteiger charge is -2.04. The first-order valence-electron chi connectivity index (χ1n) is 5.66. The fourth-order valence-electron chi connectivity index (χ4n) is 1.90. The Balaban J connectivity index is 2.28. The largest absolute Gasteiger partial charge is 0.508 e. The van der Waals surface area contributed by atoms with Crippen molar-refractivity contribution >= 4 is 11.6 Å². The van der Waals surface area contributed by atoms with Crippen LogP contribution in [0.4, 0.5) is 0 Å². The van der Waals surface area contributed by atoms with Crippen LogP contribution < -0.4 is 0 Å². The molecule has 0 radical (unpaired) electrons. The zero-order chi connectivity index (χ0) is 14.3. The van der Waals surface area contributed by atoms with Crippen LogP contribution in [0.2, 0.25) is 0 Å². The van der Waals surface area contributed by atoms with Crippen LogP contribution in [0.1, 0.15) is 10.4 Å². The predicted molar refractivity (Wildman–Crippen MR) is 68.7 cm³/mol. The number of fused-ring (bicyclic) bond motifs is 1. The average molecular weight is 271 g/mol. The van der Waals surface area contributed by atoms with E-state index in [1.807, 2.05) is 0 Å². The molecular formula is C13H9N3O4. The minimum atomic E-state index is -1.08. The molecule has 0 amide bonds. The molecule has 0 aliphatic rings. The fourth-order valence-corrected chi connectivity index (χ4v) is 1.90. The number of aromatic carboxylic acids is 1. The summed E-state index contributed by atoms with van der Waals surface area (Å²) in [6, 6.07) is 6.93. The second kappa shape index (κ2) is 4.23. The minimum absolute atomic E-state index is 0.0380. The van der Waals surface area contributed by atoms with Crippen LogP contribution in [0.25, 0.3) is 17.0 Å². The number of nitrogens with zero attached hydrogens (tertiary/aromatic N) is 3. The van der Waals surface area contributed by atoms with Crippen molar-refractivity contribution in [2.75, 3.05) is 0 Å². The van der Waals surface area contributed by atoms with Gasteiger partial charge in [0.25, 0.3) is 0 Å².